The average Bonchev–Trinajstić information content (AvgIpc) is 3.12. The van der Waals surface area contributed by atoms with Crippen molar-refractivity contribution in [2.45, 2.75) is 47.6 Å². The highest BCUT2D eigenvalue weighted by Crippen LogP contribution is 2.43. The number of ketones is 1. The quantitative estimate of drug-likeness (QED) is 0.129. The third kappa shape index (κ3) is 5.87. The lowest BCUT2D eigenvalue weighted by atomic mass is 9.94. The molecular formula is C32H33NO6. The van der Waals surface area contributed by atoms with E-state index in [1.807, 2.05) is 39.0 Å². The number of nitrogens with zero attached hydrogens (tertiary/aromatic N) is 1. The standard InChI is InChI=1S/C32H33NO6/c1-18(2)17-38-27-11-10-24(15-21(27)5)30(35)28-29(23-8-7-9-26(16-23)39-22(6)34)33(32(37)31(28)36)25-13-19(3)12-20(4)14-25/h7-16,18,29,35H,17H2,1-6H3/b30-28+. The number of hydrogen-bond donors (Lipinski definition) is 1. The molecule has 1 aliphatic rings. The number of esters is 1. The van der Waals surface area contributed by atoms with Gasteiger partial charge in [0.05, 0.1) is 18.2 Å². The predicted octanol–water partition coefficient (Wildman–Crippen LogP) is 6.20. The molecule has 7 heteroatoms. The summed E-state index contributed by atoms with van der Waals surface area (Å²) in [6.07, 6.45) is 0. The van der Waals surface area contributed by atoms with Gasteiger partial charge in [0.25, 0.3) is 11.7 Å². The molecule has 3 aromatic rings. The molecule has 1 heterocycles. The van der Waals surface area contributed by atoms with Crippen LogP contribution in [-0.4, -0.2) is 29.4 Å². The van der Waals surface area contributed by atoms with E-state index in [1.54, 1.807) is 42.5 Å². The summed E-state index contributed by atoms with van der Waals surface area (Å²) in [4.78, 5) is 40.1. The molecule has 4 rings (SSSR count). The Balaban J connectivity index is 1.89. The van der Waals surface area contributed by atoms with Gasteiger partial charge in [0.1, 0.15) is 17.3 Å². The molecule has 1 N–H and O–H groups in total. The zero-order valence-corrected chi connectivity index (χ0v) is 23.1. The molecule has 202 valence electrons. The summed E-state index contributed by atoms with van der Waals surface area (Å²) in [6.45, 7) is 11.6. The van der Waals surface area contributed by atoms with Crippen LogP contribution in [0.15, 0.2) is 66.2 Å². The van der Waals surface area contributed by atoms with Crippen LogP contribution in [-0.2, 0) is 14.4 Å². The predicted molar refractivity (Wildman–Crippen MR) is 150 cm³/mol. The molecule has 0 bridgehead atoms. The number of carbonyl (C=O) groups excluding carboxylic acids is 3. The van der Waals surface area contributed by atoms with Crippen LogP contribution in [0, 0.1) is 26.7 Å². The second kappa shape index (κ2) is 11.2. The summed E-state index contributed by atoms with van der Waals surface area (Å²) in [5, 5.41) is 11.5. The maximum Gasteiger partial charge on any atom is 0.308 e. The van der Waals surface area contributed by atoms with Crippen molar-refractivity contribution in [1.82, 2.24) is 0 Å². The molecule has 1 amide bonds. The van der Waals surface area contributed by atoms with Gasteiger partial charge < -0.3 is 14.6 Å². The monoisotopic (exact) mass is 527 g/mol. The van der Waals surface area contributed by atoms with Gasteiger partial charge in [-0.3, -0.25) is 19.3 Å². The van der Waals surface area contributed by atoms with Gasteiger partial charge in [-0.05, 0) is 91.4 Å². The Kier molecular flexibility index (Phi) is 7.90. The summed E-state index contributed by atoms with van der Waals surface area (Å²) in [5.74, 6) is -1.03. The number of aliphatic hydroxyl groups excluding tert-OH is 1. The van der Waals surface area contributed by atoms with Crippen LogP contribution in [0.1, 0.15) is 54.6 Å². The number of Topliss-reactive ketones (excluding diaryl/α,β-unsaturated/α-hetero) is 1. The fourth-order valence-electron chi connectivity index (χ4n) is 4.79. The molecule has 1 saturated heterocycles. The van der Waals surface area contributed by atoms with Crippen LogP contribution in [0.2, 0.25) is 0 Å². The molecule has 7 nitrogen and oxygen atoms in total. The minimum Gasteiger partial charge on any atom is -0.507 e. The number of anilines is 1. The van der Waals surface area contributed by atoms with Crippen molar-refractivity contribution in [2.75, 3.05) is 11.5 Å². The fraction of sp³-hybridized carbons (Fsp3) is 0.281. The van der Waals surface area contributed by atoms with Crippen molar-refractivity contribution in [1.29, 1.82) is 0 Å². The second-order valence-corrected chi connectivity index (χ2v) is 10.4. The van der Waals surface area contributed by atoms with E-state index in [4.69, 9.17) is 9.47 Å². The van der Waals surface area contributed by atoms with Gasteiger partial charge in [-0.2, -0.15) is 0 Å². The van der Waals surface area contributed by atoms with Gasteiger partial charge in [0.2, 0.25) is 0 Å². The van der Waals surface area contributed by atoms with Gasteiger partial charge in [0.15, 0.2) is 0 Å². The molecule has 0 spiro atoms. The van der Waals surface area contributed by atoms with Crippen molar-refractivity contribution in [2.24, 2.45) is 5.92 Å². The summed E-state index contributed by atoms with van der Waals surface area (Å²) < 4.78 is 11.1. The average molecular weight is 528 g/mol. The van der Waals surface area contributed by atoms with Crippen LogP contribution < -0.4 is 14.4 Å². The van der Waals surface area contributed by atoms with Crippen molar-refractivity contribution < 1.29 is 29.0 Å². The van der Waals surface area contributed by atoms with Crippen molar-refractivity contribution in [3.05, 3.63) is 94.1 Å². The van der Waals surface area contributed by atoms with E-state index in [0.717, 1.165) is 16.7 Å². The summed E-state index contributed by atoms with van der Waals surface area (Å²) >= 11 is 0. The number of amides is 1. The first-order valence-electron chi connectivity index (χ1n) is 12.9. The minimum atomic E-state index is -0.945. The summed E-state index contributed by atoms with van der Waals surface area (Å²) in [6, 6.07) is 16.5. The number of rotatable bonds is 7. The molecule has 0 radical (unpaired) electrons. The second-order valence-electron chi connectivity index (χ2n) is 10.4. The molecule has 1 unspecified atom stereocenters. The first kappa shape index (κ1) is 27.6. The zero-order valence-electron chi connectivity index (χ0n) is 23.1. The van der Waals surface area contributed by atoms with Gasteiger partial charge in [-0.15, -0.1) is 0 Å². The van der Waals surface area contributed by atoms with E-state index in [0.29, 0.717) is 35.1 Å². The number of hydrogen-bond acceptors (Lipinski definition) is 6. The Morgan fingerprint density at radius 1 is 0.974 bits per heavy atom. The van der Waals surface area contributed by atoms with Crippen LogP contribution >= 0.6 is 0 Å². The van der Waals surface area contributed by atoms with E-state index in [2.05, 4.69) is 13.8 Å². The fourth-order valence-corrected chi connectivity index (χ4v) is 4.79. The Hall–Kier alpha value is -4.39. The van der Waals surface area contributed by atoms with Gasteiger partial charge in [-0.25, -0.2) is 0 Å². The maximum absolute atomic E-state index is 13.5. The lowest BCUT2D eigenvalue weighted by Gasteiger charge is -2.26. The Morgan fingerprint density at radius 2 is 1.67 bits per heavy atom. The number of aliphatic hydroxyl groups is 1. The zero-order chi connectivity index (χ0) is 28.4. The smallest absolute Gasteiger partial charge is 0.308 e. The van der Waals surface area contributed by atoms with Crippen LogP contribution in [0.5, 0.6) is 11.5 Å². The van der Waals surface area contributed by atoms with Gasteiger partial charge in [0, 0.05) is 18.2 Å². The lowest BCUT2D eigenvalue weighted by Crippen LogP contribution is -2.29. The van der Waals surface area contributed by atoms with Gasteiger partial charge >= 0.3 is 5.97 Å². The van der Waals surface area contributed by atoms with E-state index in [1.165, 1.54) is 11.8 Å². The third-order valence-electron chi connectivity index (χ3n) is 6.38. The third-order valence-corrected chi connectivity index (χ3v) is 6.38. The first-order valence-corrected chi connectivity index (χ1v) is 12.9. The van der Waals surface area contributed by atoms with E-state index in [9.17, 15) is 19.5 Å². The van der Waals surface area contributed by atoms with E-state index >= 15 is 0 Å². The molecule has 0 aromatic heterocycles. The highest BCUT2D eigenvalue weighted by Gasteiger charge is 2.47. The Labute approximate surface area is 228 Å². The SMILES string of the molecule is CC(=O)Oc1cccc(C2/C(=C(\O)c3ccc(OCC(C)C)c(C)c3)C(=O)C(=O)N2c2cc(C)cc(C)c2)c1. The normalized spacial score (nSPS) is 16.6. The molecule has 0 aliphatic carbocycles. The molecule has 1 fully saturated rings. The number of benzene rings is 3. The molecule has 39 heavy (non-hydrogen) atoms. The first-order chi connectivity index (χ1) is 18.5. The van der Waals surface area contributed by atoms with E-state index in [-0.39, 0.29) is 17.1 Å². The van der Waals surface area contributed by atoms with E-state index < -0.39 is 23.7 Å². The number of carbonyl (C=O) groups is 3. The highest BCUT2D eigenvalue weighted by molar-refractivity contribution is 6.51. The number of aryl methyl sites for hydroxylation is 3. The summed E-state index contributed by atoms with van der Waals surface area (Å²) in [7, 11) is 0. The molecule has 3 aromatic carbocycles. The molecular weight excluding hydrogens is 494 g/mol. The molecule has 0 saturated carbocycles. The highest BCUT2D eigenvalue weighted by atomic mass is 16.5. The molecule has 1 atom stereocenters. The van der Waals surface area contributed by atoms with Crippen molar-refractivity contribution >= 4 is 29.1 Å². The minimum absolute atomic E-state index is 0.0469. The van der Waals surface area contributed by atoms with Crippen molar-refractivity contribution in [3.63, 3.8) is 0 Å². The summed E-state index contributed by atoms with van der Waals surface area (Å²) in [5.41, 5.74) is 4.03. The van der Waals surface area contributed by atoms with Crippen molar-refractivity contribution in [3.8, 4) is 11.5 Å². The molecule has 1 aliphatic heterocycles. The van der Waals surface area contributed by atoms with Crippen LogP contribution in [0.3, 0.4) is 0 Å². The van der Waals surface area contributed by atoms with Crippen LogP contribution in [0.4, 0.5) is 5.69 Å². The number of ether oxygens (including phenoxy) is 2. The lowest BCUT2D eigenvalue weighted by molar-refractivity contribution is -0.132. The maximum atomic E-state index is 13.5. The van der Waals surface area contributed by atoms with Gasteiger partial charge in [-0.1, -0.05) is 32.0 Å². The topological polar surface area (TPSA) is 93.1 Å². The van der Waals surface area contributed by atoms with Crippen LogP contribution in [0.25, 0.3) is 5.76 Å². The Bertz CT molecular complexity index is 1470. The largest absolute Gasteiger partial charge is 0.507 e. The Morgan fingerprint density at radius 3 is 2.28 bits per heavy atom.